The number of pyridine rings is 2. The fraction of sp³-hybridized carbons (Fsp3) is 0.242. The van der Waals surface area contributed by atoms with Crippen LogP contribution in [0.4, 0.5) is 0 Å². The zero-order valence-electron chi connectivity index (χ0n) is 23.5. The summed E-state index contributed by atoms with van der Waals surface area (Å²) in [4.78, 5) is 19.3. The van der Waals surface area contributed by atoms with E-state index in [-0.39, 0.29) is 57.7 Å². The minimum absolute atomic E-state index is 0. The molecule has 2 heterocycles. The Morgan fingerprint density at radius 3 is 1.44 bits per heavy atom. The van der Waals surface area contributed by atoms with Crippen LogP contribution in [-0.2, 0) is 45.0 Å². The molecule has 4 aromatic rings. The molecule has 39 heavy (non-hydrogen) atoms. The van der Waals surface area contributed by atoms with Crippen LogP contribution in [0.25, 0.3) is 22.5 Å². The number of aromatic nitrogens is 2. The smallest absolute Gasteiger partial charge is 0.161 e. The second kappa shape index (κ2) is 18.5. The predicted molar refractivity (Wildman–Crippen MR) is 152 cm³/mol. The van der Waals surface area contributed by atoms with Crippen molar-refractivity contribution in [2.45, 2.75) is 48.5 Å². The maximum absolute atomic E-state index is 10.7. The van der Waals surface area contributed by atoms with Crippen molar-refractivity contribution in [3.8, 4) is 22.5 Å². The van der Waals surface area contributed by atoms with Crippen LogP contribution in [0, 0.1) is 45.7 Å². The Balaban J connectivity index is 0.000000557. The molecule has 0 fully saturated rings. The fourth-order valence-corrected chi connectivity index (χ4v) is 3.48. The molecule has 0 unspecified atom stereocenters. The Hall–Kier alpha value is -2.75. The SMILES string of the molecule is CC(O)=CC(=O)C(C)C.Cc1[c-]c(-c2ccccn2)cc(C)c1.Cc1[c-]c(-c2ccccn2)cc(C)c1.[Ir].[Ir]. The van der Waals surface area contributed by atoms with Crippen LogP contribution in [0.15, 0.2) is 84.9 Å². The molecular formula is C33H36Ir2N2O2-2. The normalized spacial score (nSPS) is 10.1. The molecular weight excluding hydrogens is 841 g/mol. The Morgan fingerprint density at radius 2 is 1.18 bits per heavy atom. The number of carbonyl (C=O) groups excluding carboxylic acids is 1. The molecule has 0 saturated carbocycles. The van der Waals surface area contributed by atoms with E-state index in [1.165, 1.54) is 24.1 Å². The largest absolute Gasteiger partial charge is 0.512 e. The van der Waals surface area contributed by atoms with Gasteiger partial charge in [-0.2, -0.15) is 0 Å². The second-order valence-electron chi connectivity index (χ2n) is 9.28. The first-order valence-corrected chi connectivity index (χ1v) is 12.3. The molecule has 0 spiro atoms. The number of carbonyl (C=O) groups is 1. The Morgan fingerprint density at radius 1 is 0.769 bits per heavy atom. The van der Waals surface area contributed by atoms with Crippen LogP contribution in [0.2, 0.25) is 0 Å². The van der Waals surface area contributed by atoms with E-state index in [0.29, 0.717) is 0 Å². The molecule has 0 aliphatic carbocycles. The molecule has 1 N–H and O–H groups in total. The number of aryl methyl sites for hydroxylation is 4. The zero-order chi connectivity index (χ0) is 27.4. The molecule has 2 aromatic carbocycles. The number of rotatable bonds is 4. The first kappa shape index (κ1) is 36.2. The van der Waals surface area contributed by atoms with E-state index >= 15 is 0 Å². The van der Waals surface area contributed by atoms with Crippen LogP contribution in [0.3, 0.4) is 0 Å². The zero-order valence-corrected chi connectivity index (χ0v) is 28.3. The van der Waals surface area contributed by atoms with Crippen LogP contribution in [-0.4, -0.2) is 20.9 Å². The van der Waals surface area contributed by atoms with E-state index < -0.39 is 0 Å². The van der Waals surface area contributed by atoms with Crippen molar-refractivity contribution in [2.24, 2.45) is 5.92 Å². The van der Waals surface area contributed by atoms with Crippen molar-refractivity contribution >= 4 is 5.78 Å². The molecule has 0 saturated heterocycles. The van der Waals surface area contributed by atoms with E-state index in [0.717, 1.165) is 33.6 Å². The summed E-state index contributed by atoms with van der Waals surface area (Å²) in [5.74, 6) is 0.0239. The van der Waals surface area contributed by atoms with Gasteiger partial charge in [-0.15, -0.1) is 69.8 Å². The van der Waals surface area contributed by atoms with Crippen LogP contribution >= 0.6 is 0 Å². The predicted octanol–water partition coefficient (Wildman–Crippen LogP) is 8.00. The van der Waals surface area contributed by atoms with Gasteiger partial charge in [-0.05, 0) is 30.4 Å². The summed E-state index contributed by atoms with van der Waals surface area (Å²) in [6.45, 7) is 13.4. The number of aliphatic hydroxyl groups excluding tert-OH is 1. The third-order valence-electron chi connectivity index (χ3n) is 5.10. The summed E-state index contributed by atoms with van der Waals surface area (Å²) in [6.07, 6.45) is 4.85. The molecule has 210 valence electrons. The molecule has 0 aliphatic rings. The van der Waals surface area contributed by atoms with Gasteiger partial charge < -0.3 is 15.1 Å². The summed E-state index contributed by atoms with van der Waals surface area (Å²) in [7, 11) is 0. The molecule has 6 heteroatoms. The molecule has 4 nitrogen and oxygen atoms in total. The first-order valence-electron chi connectivity index (χ1n) is 12.3. The van der Waals surface area contributed by atoms with Gasteiger partial charge in [-0.25, -0.2) is 0 Å². The molecule has 4 rings (SSSR count). The molecule has 0 atom stereocenters. The van der Waals surface area contributed by atoms with E-state index in [2.05, 4.69) is 74.1 Å². The van der Waals surface area contributed by atoms with Crippen LogP contribution in [0.5, 0.6) is 0 Å². The van der Waals surface area contributed by atoms with E-state index in [1.807, 2.05) is 36.4 Å². The summed E-state index contributed by atoms with van der Waals surface area (Å²) in [6, 6.07) is 26.9. The third kappa shape index (κ3) is 13.7. The van der Waals surface area contributed by atoms with Crippen molar-refractivity contribution in [3.05, 3.63) is 119 Å². The molecule has 2 aromatic heterocycles. The van der Waals surface area contributed by atoms with Crippen molar-refractivity contribution in [3.63, 3.8) is 0 Å². The van der Waals surface area contributed by atoms with E-state index in [4.69, 9.17) is 5.11 Å². The Labute approximate surface area is 260 Å². The summed E-state index contributed by atoms with van der Waals surface area (Å²) in [5.41, 5.74) is 8.94. The van der Waals surface area contributed by atoms with Crippen molar-refractivity contribution in [2.75, 3.05) is 0 Å². The second-order valence-corrected chi connectivity index (χ2v) is 9.28. The average molecular weight is 877 g/mol. The van der Waals surface area contributed by atoms with Gasteiger partial charge in [-0.1, -0.05) is 65.8 Å². The molecule has 0 bridgehead atoms. The topological polar surface area (TPSA) is 63.1 Å². The van der Waals surface area contributed by atoms with Gasteiger partial charge in [0.2, 0.25) is 0 Å². The number of nitrogens with zero attached hydrogens (tertiary/aromatic N) is 2. The quantitative estimate of drug-likeness (QED) is 0.128. The van der Waals surface area contributed by atoms with Crippen LogP contribution in [0.1, 0.15) is 43.0 Å². The minimum Gasteiger partial charge on any atom is -0.512 e. The Bertz CT molecular complexity index is 1190. The standard InChI is InChI=1S/2C13H12N.C7H12O2.2Ir/c2*1-10-7-11(2)9-12(8-10)13-5-3-4-6-14-13;1-5(2)7(9)4-6(3)8;;/h2*3-8H,1-2H3;4-5,8H,1-3H3;;/q2*-1;;;. The summed E-state index contributed by atoms with van der Waals surface area (Å²) >= 11 is 0. The summed E-state index contributed by atoms with van der Waals surface area (Å²) < 4.78 is 0. The number of aliphatic hydroxyl groups is 1. The molecule has 0 amide bonds. The minimum atomic E-state index is -0.0324. The summed E-state index contributed by atoms with van der Waals surface area (Å²) in [5, 5.41) is 8.61. The number of benzene rings is 2. The Kier molecular flexibility index (Phi) is 17.2. The monoisotopic (exact) mass is 878 g/mol. The number of ketones is 1. The van der Waals surface area contributed by atoms with Gasteiger partial charge in [0, 0.05) is 64.6 Å². The average Bonchev–Trinajstić information content (AvgIpc) is 2.84. The molecule has 2 radical (unpaired) electrons. The van der Waals surface area contributed by atoms with E-state index in [1.54, 1.807) is 26.2 Å². The van der Waals surface area contributed by atoms with Gasteiger partial charge in [-0.3, -0.25) is 4.79 Å². The van der Waals surface area contributed by atoms with Crippen molar-refractivity contribution < 1.29 is 50.1 Å². The van der Waals surface area contributed by atoms with E-state index in [9.17, 15) is 4.79 Å². The van der Waals surface area contributed by atoms with Crippen molar-refractivity contribution in [1.29, 1.82) is 0 Å². The number of allylic oxidation sites excluding steroid dienone is 2. The van der Waals surface area contributed by atoms with Gasteiger partial charge >= 0.3 is 0 Å². The number of hydrogen-bond acceptors (Lipinski definition) is 4. The fourth-order valence-electron chi connectivity index (χ4n) is 3.48. The van der Waals surface area contributed by atoms with Crippen molar-refractivity contribution in [1.82, 2.24) is 9.97 Å². The third-order valence-corrected chi connectivity index (χ3v) is 5.10. The first-order chi connectivity index (χ1) is 17.5. The molecule has 0 aliphatic heterocycles. The van der Waals surface area contributed by atoms with Gasteiger partial charge in [0.1, 0.15) is 0 Å². The van der Waals surface area contributed by atoms with Gasteiger partial charge in [0.15, 0.2) is 5.78 Å². The number of hydrogen-bond donors (Lipinski definition) is 1. The van der Waals surface area contributed by atoms with Gasteiger partial charge in [0.25, 0.3) is 0 Å². The van der Waals surface area contributed by atoms with Crippen LogP contribution < -0.4 is 0 Å². The maximum atomic E-state index is 10.7. The maximum Gasteiger partial charge on any atom is 0.161 e. The van der Waals surface area contributed by atoms with Gasteiger partial charge in [0.05, 0.1) is 5.76 Å².